The summed E-state index contributed by atoms with van der Waals surface area (Å²) in [5.41, 5.74) is 0. The molecule has 0 saturated carbocycles. The van der Waals surface area contributed by atoms with E-state index in [0.29, 0.717) is 5.89 Å². The Kier molecular flexibility index (Phi) is 0.676. The van der Waals surface area contributed by atoms with Gasteiger partial charge < -0.3 is 9.15 Å². The fraction of sp³-hybridized carbons (Fsp3) is 0.400. The molecule has 1 fully saturated rings. The number of oxazole rings is 1. The Hall–Kier alpha value is -0.830. The van der Waals surface area contributed by atoms with Crippen molar-refractivity contribution in [2.45, 2.75) is 6.10 Å². The fourth-order valence-electron chi connectivity index (χ4n) is 0.584. The Morgan fingerprint density at radius 1 is 1.75 bits per heavy atom. The van der Waals surface area contributed by atoms with Gasteiger partial charge in [0.25, 0.3) is 0 Å². The molecule has 0 amide bonds. The molecule has 2 heterocycles. The first kappa shape index (κ1) is 4.09. The second kappa shape index (κ2) is 1.32. The minimum atomic E-state index is 0.157. The number of aromatic nitrogens is 1. The summed E-state index contributed by atoms with van der Waals surface area (Å²) >= 11 is 0. The summed E-state index contributed by atoms with van der Waals surface area (Å²) in [6.45, 7) is 0.764. The number of nitrogens with zero attached hydrogens (tertiary/aromatic N) is 1. The van der Waals surface area contributed by atoms with Crippen LogP contribution in [-0.4, -0.2) is 11.6 Å². The first-order valence-corrected chi connectivity index (χ1v) is 2.48. The van der Waals surface area contributed by atoms with Crippen LogP contribution in [0.5, 0.6) is 0 Å². The maximum absolute atomic E-state index is 4.92. The van der Waals surface area contributed by atoms with Crippen molar-refractivity contribution >= 4 is 0 Å². The molecule has 0 bridgehead atoms. The van der Waals surface area contributed by atoms with Gasteiger partial charge in [-0.15, -0.1) is 0 Å². The Morgan fingerprint density at radius 3 is 3.12 bits per heavy atom. The highest BCUT2D eigenvalue weighted by atomic mass is 16.6. The summed E-state index contributed by atoms with van der Waals surface area (Å²) < 4.78 is 9.82. The van der Waals surface area contributed by atoms with E-state index in [1.165, 1.54) is 0 Å². The third-order valence-electron chi connectivity index (χ3n) is 1.06. The Morgan fingerprint density at radius 2 is 2.62 bits per heavy atom. The van der Waals surface area contributed by atoms with Crippen molar-refractivity contribution in [3.8, 4) is 0 Å². The molecular weight excluding hydrogens is 106 g/mol. The lowest BCUT2D eigenvalue weighted by molar-refractivity contribution is 0.362. The first-order valence-electron chi connectivity index (χ1n) is 2.48. The maximum atomic E-state index is 4.92. The Bertz CT molecular complexity index is 167. The van der Waals surface area contributed by atoms with Crippen molar-refractivity contribution in [3.63, 3.8) is 0 Å². The predicted octanol–water partition coefficient (Wildman–Crippen LogP) is 0.746. The molecule has 8 heavy (non-hydrogen) atoms. The van der Waals surface area contributed by atoms with Crippen LogP contribution in [0.3, 0.4) is 0 Å². The molecule has 0 radical (unpaired) electrons. The highest BCUT2D eigenvalue weighted by molar-refractivity contribution is 4.91. The van der Waals surface area contributed by atoms with Crippen LogP contribution in [0.25, 0.3) is 0 Å². The second-order valence-corrected chi connectivity index (χ2v) is 1.69. The zero-order valence-corrected chi connectivity index (χ0v) is 4.20. The topological polar surface area (TPSA) is 38.6 Å². The summed E-state index contributed by atoms with van der Waals surface area (Å²) in [6.07, 6.45) is 3.33. The lowest BCUT2D eigenvalue weighted by atomic mass is 10.5. The van der Waals surface area contributed by atoms with E-state index in [2.05, 4.69) is 4.98 Å². The molecule has 1 aliphatic rings. The Balaban J connectivity index is 2.28. The van der Waals surface area contributed by atoms with Crippen LogP contribution in [0, 0.1) is 0 Å². The van der Waals surface area contributed by atoms with Gasteiger partial charge in [0.2, 0.25) is 5.89 Å². The number of hydrogen-bond acceptors (Lipinski definition) is 3. The summed E-state index contributed by atoms with van der Waals surface area (Å²) in [5.74, 6) is 0.699. The molecule has 1 atom stereocenters. The van der Waals surface area contributed by atoms with Gasteiger partial charge in [-0.3, -0.25) is 0 Å². The molecular formula is C5H5NO2. The zero-order valence-electron chi connectivity index (χ0n) is 4.20. The van der Waals surface area contributed by atoms with Crippen molar-refractivity contribution in [1.29, 1.82) is 0 Å². The third-order valence-corrected chi connectivity index (χ3v) is 1.06. The third kappa shape index (κ3) is 0.518. The van der Waals surface area contributed by atoms with Crippen molar-refractivity contribution in [2.75, 3.05) is 6.61 Å². The van der Waals surface area contributed by atoms with Crippen molar-refractivity contribution in [1.82, 2.24) is 4.98 Å². The summed E-state index contributed by atoms with van der Waals surface area (Å²) in [5, 5.41) is 0. The van der Waals surface area contributed by atoms with Crippen molar-refractivity contribution < 1.29 is 9.15 Å². The van der Waals surface area contributed by atoms with E-state index in [0.717, 1.165) is 6.61 Å². The van der Waals surface area contributed by atoms with Gasteiger partial charge in [-0.1, -0.05) is 0 Å². The lowest BCUT2D eigenvalue weighted by Crippen LogP contribution is -1.75. The summed E-state index contributed by atoms with van der Waals surface area (Å²) in [6, 6.07) is 0. The average Bonchev–Trinajstić information content (AvgIpc) is 2.49. The van der Waals surface area contributed by atoms with Crippen LogP contribution in [0.1, 0.15) is 12.0 Å². The van der Waals surface area contributed by atoms with E-state index in [1.807, 2.05) is 0 Å². The van der Waals surface area contributed by atoms with Crippen molar-refractivity contribution in [2.24, 2.45) is 0 Å². The molecule has 0 spiro atoms. The van der Waals surface area contributed by atoms with Gasteiger partial charge in [-0.05, 0) is 0 Å². The SMILES string of the molecule is c1coc(C2CO2)n1. The van der Waals surface area contributed by atoms with Crippen LogP contribution >= 0.6 is 0 Å². The van der Waals surface area contributed by atoms with Crippen LogP contribution in [0.15, 0.2) is 16.9 Å². The predicted molar refractivity (Wildman–Crippen MR) is 25.2 cm³/mol. The van der Waals surface area contributed by atoms with Gasteiger partial charge in [0, 0.05) is 0 Å². The number of rotatable bonds is 1. The molecule has 1 aliphatic heterocycles. The molecule has 1 aromatic heterocycles. The maximum Gasteiger partial charge on any atom is 0.225 e. The van der Waals surface area contributed by atoms with Gasteiger partial charge in [-0.25, -0.2) is 4.98 Å². The van der Waals surface area contributed by atoms with E-state index in [1.54, 1.807) is 12.5 Å². The standard InChI is InChI=1S/C5H5NO2/c1-2-7-5(6-1)4-3-8-4/h1-2,4H,3H2. The number of hydrogen-bond donors (Lipinski definition) is 0. The molecule has 1 saturated heterocycles. The van der Waals surface area contributed by atoms with Gasteiger partial charge in [0.1, 0.15) is 6.26 Å². The molecule has 1 unspecified atom stereocenters. The highest BCUT2D eigenvalue weighted by Crippen LogP contribution is 2.27. The summed E-state index contributed by atoms with van der Waals surface area (Å²) in [7, 11) is 0. The smallest absolute Gasteiger partial charge is 0.225 e. The highest BCUT2D eigenvalue weighted by Gasteiger charge is 2.28. The average molecular weight is 111 g/mol. The minimum Gasteiger partial charge on any atom is -0.446 e. The van der Waals surface area contributed by atoms with Crippen molar-refractivity contribution in [3.05, 3.63) is 18.4 Å². The molecule has 0 N–H and O–H groups in total. The summed E-state index contributed by atoms with van der Waals surface area (Å²) in [4.78, 5) is 3.89. The second-order valence-electron chi connectivity index (χ2n) is 1.69. The van der Waals surface area contributed by atoms with Crippen LogP contribution in [-0.2, 0) is 4.74 Å². The van der Waals surface area contributed by atoms with Crippen LogP contribution in [0.4, 0.5) is 0 Å². The quantitative estimate of drug-likeness (QED) is 0.502. The molecule has 0 aliphatic carbocycles. The van der Waals surface area contributed by atoms with E-state index in [4.69, 9.17) is 9.15 Å². The molecule has 2 rings (SSSR count). The van der Waals surface area contributed by atoms with Gasteiger partial charge in [0.05, 0.1) is 12.8 Å². The molecule has 42 valence electrons. The molecule has 1 aromatic rings. The molecule has 3 heteroatoms. The lowest BCUT2D eigenvalue weighted by Gasteiger charge is -1.77. The largest absolute Gasteiger partial charge is 0.446 e. The fourth-order valence-corrected chi connectivity index (χ4v) is 0.584. The Labute approximate surface area is 46.3 Å². The normalized spacial score (nSPS) is 25.8. The molecule has 3 nitrogen and oxygen atoms in total. The van der Waals surface area contributed by atoms with E-state index in [-0.39, 0.29) is 6.10 Å². The van der Waals surface area contributed by atoms with E-state index >= 15 is 0 Å². The van der Waals surface area contributed by atoms with E-state index < -0.39 is 0 Å². The van der Waals surface area contributed by atoms with Gasteiger partial charge >= 0.3 is 0 Å². The van der Waals surface area contributed by atoms with Crippen LogP contribution in [0.2, 0.25) is 0 Å². The number of epoxide rings is 1. The van der Waals surface area contributed by atoms with Crippen LogP contribution < -0.4 is 0 Å². The zero-order chi connectivity index (χ0) is 5.40. The first-order chi connectivity index (χ1) is 3.97. The van der Waals surface area contributed by atoms with Gasteiger partial charge in [-0.2, -0.15) is 0 Å². The van der Waals surface area contributed by atoms with Gasteiger partial charge in [0.15, 0.2) is 6.10 Å². The van der Waals surface area contributed by atoms with E-state index in [9.17, 15) is 0 Å². The monoisotopic (exact) mass is 111 g/mol. The number of ether oxygens (including phenoxy) is 1. The minimum absolute atomic E-state index is 0.157. The molecule has 0 aromatic carbocycles.